The molecule has 1 radical (unpaired) electrons. The fourth-order valence-electron chi connectivity index (χ4n) is 4.64. The molecular weight excluding hydrogens is 672 g/mol. The van der Waals surface area contributed by atoms with E-state index in [1.807, 2.05) is 54.6 Å². The summed E-state index contributed by atoms with van der Waals surface area (Å²) in [7, 11) is 0. The zero-order chi connectivity index (χ0) is 29.7. The van der Waals surface area contributed by atoms with E-state index in [2.05, 4.69) is 35.9 Å². The van der Waals surface area contributed by atoms with Crippen LogP contribution in [0, 0.1) is 23.4 Å². The standard InChI is InChI=1S/C25H26N.C11H7FN.Ir/c1-25(2)15-12-21(13-16-25)19-8-10-20(11-9-19)23-14-17-26-24(18-23)22-6-4-3-5-7-22;12-10-6-4-9(5-7-10)11-3-1-2-8-13-11;/h3-6,8-11,14,17-18,21H,12-13,15-16H2,1-2H3;1-4,6-8H;/q2*-1;/i10D,11D,21D;;. The van der Waals surface area contributed by atoms with E-state index in [0.29, 0.717) is 17.6 Å². The van der Waals surface area contributed by atoms with E-state index < -0.39 is 5.89 Å². The zero-order valence-electron chi connectivity index (χ0n) is 25.7. The van der Waals surface area contributed by atoms with Gasteiger partial charge in [0.15, 0.2) is 0 Å². The van der Waals surface area contributed by atoms with Crippen molar-refractivity contribution >= 4 is 0 Å². The molecule has 0 N–H and O–H groups in total. The molecule has 2 heterocycles. The van der Waals surface area contributed by atoms with E-state index in [-0.39, 0.29) is 31.3 Å². The Morgan fingerprint density at radius 2 is 1.55 bits per heavy atom. The Balaban J connectivity index is 0.000000253. The van der Waals surface area contributed by atoms with Crippen LogP contribution < -0.4 is 0 Å². The van der Waals surface area contributed by atoms with Crippen molar-refractivity contribution in [3.63, 3.8) is 0 Å². The number of hydrogen-bond donors (Lipinski definition) is 0. The van der Waals surface area contributed by atoms with Crippen molar-refractivity contribution in [1.29, 1.82) is 0 Å². The maximum Gasteiger partial charge on any atom is 0.0629 e. The molecule has 205 valence electrons. The molecule has 6 rings (SSSR count). The summed E-state index contributed by atoms with van der Waals surface area (Å²) >= 11 is 0. The molecular formula is C36H33FIrN2-2. The van der Waals surface area contributed by atoms with Crippen LogP contribution in [0.1, 0.15) is 55.1 Å². The van der Waals surface area contributed by atoms with Crippen molar-refractivity contribution < 1.29 is 28.6 Å². The Morgan fingerprint density at radius 3 is 2.20 bits per heavy atom. The van der Waals surface area contributed by atoms with Gasteiger partial charge in [0, 0.05) is 39.7 Å². The molecule has 40 heavy (non-hydrogen) atoms. The minimum Gasteiger partial charge on any atom is -0.305 e. The van der Waals surface area contributed by atoms with Gasteiger partial charge in [0.2, 0.25) is 0 Å². The summed E-state index contributed by atoms with van der Waals surface area (Å²) in [5.74, 6) is -0.970. The smallest absolute Gasteiger partial charge is 0.0629 e. The van der Waals surface area contributed by atoms with Crippen molar-refractivity contribution in [2.75, 3.05) is 0 Å². The minimum atomic E-state index is -0.692. The predicted octanol–water partition coefficient (Wildman–Crippen LogP) is 9.58. The molecule has 0 saturated heterocycles. The summed E-state index contributed by atoms with van der Waals surface area (Å²) in [5.41, 5.74) is 5.75. The third-order valence-electron chi connectivity index (χ3n) is 7.11. The summed E-state index contributed by atoms with van der Waals surface area (Å²) < 4.78 is 38.8. The Hall–Kier alpha value is -3.46. The molecule has 0 amide bonds. The largest absolute Gasteiger partial charge is 0.305 e. The first-order valence-electron chi connectivity index (χ1n) is 14.8. The number of halogens is 1. The summed E-state index contributed by atoms with van der Waals surface area (Å²) in [4.78, 5) is 8.55. The minimum absolute atomic E-state index is 0. The number of nitrogens with zero attached hydrogens (tertiary/aromatic N) is 2. The number of benzene rings is 3. The number of hydrogen-bond acceptors (Lipinski definition) is 2. The van der Waals surface area contributed by atoms with Crippen molar-refractivity contribution in [3.05, 3.63) is 133 Å². The van der Waals surface area contributed by atoms with Gasteiger partial charge >= 0.3 is 0 Å². The van der Waals surface area contributed by atoms with Gasteiger partial charge in [-0.1, -0.05) is 56.3 Å². The molecule has 0 spiro atoms. The van der Waals surface area contributed by atoms with Crippen LogP contribution in [-0.2, 0) is 20.1 Å². The normalized spacial score (nSPS) is 16.2. The van der Waals surface area contributed by atoms with Gasteiger partial charge < -0.3 is 9.97 Å². The Bertz CT molecular complexity index is 1610. The van der Waals surface area contributed by atoms with Crippen LogP contribution in [0.25, 0.3) is 33.6 Å². The Kier molecular flexibility index (Phi) is 8.76. The summed E-state index contributed by atoms with van der Waals surface area (Å²) in [6.07, 6.45) is 6.98. The Morgan fingerprint density at radius 1 is 0.825 bits per heavy atom. The number of pyridine rings is 2. The van der Waals surface area contributed by atoms with Gasteiger partial charge in [-0.25, -0.2) is 0 Å². The molecule has 0 bridgehead atoms. The van der Waals surface area contributed by atoms with Crippen LogP contribution in [0.3, 0.4) is 0 Å². The second-order valence-corrected chi connectivity index (χ2v) is 10.5. The molecule has 5 aromatic rings. The second kappa shape index (κ2) is 13.7. The van der Waals surface area contributed by atoms with Crippen LogP contribution in [0.15, 0.2) is 109 Å². The predicted molar refractivity (Wildman–Crippen MR) is 157 cm³/mol. The first-order chi connectivity index (χ1) is 20.1. The van der Waals surface area contributed by atoms with E-state index in [1.165, 1.54) is 12.1 Å². The first-order valence-corrected chi connectivity index (χ1v) is 13.3. The molecule has 0 unspecified atom stereocenters. The van der Waals surface area contributed by atoms with Gasteiger partial charge in [-0.3, -0.25) is 4.39 Å². The van der Waals surface area contributed by atoms with Gasteiger partial charge in [-0.2, -0.15) is 0 Å². The average molecular weight is 708 g/mol. The van der Waals surface area contributed by atoms with Crippen molar-refractivity contribution in [2.45, 2.75) is 45.4 Å². The first kappa shape index (κ1) is 25.5. The van der Waals surface area contributed by atoms with Gasteiger partial charge in [0.05, 0.1) is 2.74 Å². The van der Waals surface area contributed by atoms with Crippen LogP contribution in [0.4, 0.5) is 4.39 Å². The van der Waals surface area contributed by atoms with E-state index >= 15 is 0 Å². The van der Waals surface area contributed by atoms with Crippen molar-refractivity contribution in [2.24, 2.45) is 5.41 Å². The SMILES string of the molecule is Fc1c[c-]c(-c2ccccn2)cc1.[2H]c1cc(C2([2H])CCC(C)(C)CC2)cc([2H])c1-c1ccnc(-c2[c-]cccc2)c1.[Ir]. The van der Waals surface area contributed by atoms with E-state index in [4.69, 9.17) is 4.11 Å². The summed E-state index contributed by atoms with van der Waals surface area (Å²) in [6, 6.07) is 31.6. The van der Waals surface area contributed by atoms with Crippen LogP contribution in [-0.4, -0.2) is 9.97 Å². The van der Waals surface area contributed by atoms with Crippen LogP contribution in [0.2, 0.25) is 0 Å². The maximum absolute atomic E-state index is 12.6. The molecule has 4 heteroatoms. The third kappa shape index (κ3) is 7.81. The van der Waals surface area contributed by atoms with E-state index in [1.54, 1.807) is 30.6 Å². The second-order valence-electron chi connectivity index (χ2n) is 10.5. The van der Waals surface area contributed by atoms with Crippen molar-refractivity contribution in [1.82, 2.24) is 9.97 Å². The fraction of sp³-hybridized carbons (Fsp3) is 0.222. The average Bonchev–Trinajstić information content (AvgIpc) is 3.00. The molecule has 1 saturated carbocycles. The zero-order valence-corrected chi connectivity index (χ0v) is 25.1. The van der Waals surface area contributed by atoms with Gasteiger partial charge in [-0.15, -0.1) is 65.7 Å². The Labute approximate surface area is 255 Å². The molecule has 0 aliphatic heterocycles. The van der Waals surface area contributed by atoms with E-state index in [0.717, 1.165) is 59.3 Å². The summed E-state index contributed by atoms with van der Waals surface area (Å²) in [5, 5.41) is 0. The fourth-order valence-corrected chi connectivity index (χ4v) is 4.64. The quantitative estimate of drug-likeness (QED) is 0.174. The van der Waals surface area contributed by atoms with Crippen LogP contribution in [0.5, 0.6) is 0 Å². The molecule has 1 fully saturated rings. The molecule has 2 aromatic heterocycles. The third-order valence-corrected chi connectivity index (χ3v) is 7.11. The maximum atomic E-state index is 12.6. The van der Waals surface area contributed by atoms with Gasteiger partial charge in [0.25, 0.3) is 0 Å². The topological polar surface area (TPSA) is 25.8 Å². The molecule has 0 atom stereocenters. The molecule has 1 aliphatic rings. The van der Waals surface area contributed by atoms with E-state index in [9.17, 15) is 4.39 Å². The summed E-state index contributed by atoms with van der Waals surface area (Å²) in [6.45, 7) is 4.51. The van der Waals surface area contributed by atoms with Gasteiger partial charge in [-0.05, 0) is 77.2 Å². The monoisotopic (exact) mass is 708 g/mol. The molecule has 2 nitrogen and oxygen atoms in total. The molecule has 1 aliphatic carbocycles. The van der Waals surface area contributed by atoms with Crippen LogP contribution >= 0.6 is 0 Å². The molecule has 3 aromatic carbocycles. The van der Waals surface area contributed by atoms with Crippen molar-refractivity contribution in [3.8, 4) is 33.6 Å². The number of rotatable bonds is 4. The van der Waals surface area contributed by atoms with Gasteiger partial charge in [0.1, 0.15) is 0 Å². The number of aromatic nitrogens is 2.